The van der Waals surface area contributed by atoms with Crippen molar-refractivity contribution in [2.24, 2.45) is 11.8 Å². The van der Waals surface area contributed by atoms with E-state index in [9.17, 15) is 18.0 Å². The highest BCUT2D eigenvalue weighted by Crippen LogP contribution is 2.30. The zero-order chi connectivity index (χ0) is 24.3. The standard InChI is InChI=1S/C25H26F3N3O3/c1-16-12-17(2)14-31(13-16)22-11-6-18-4-3-5-21(24(18)30-22)33-15-23(32)29-19-7-9-20(10-8-19)34-25(26,27)28/h3-11,16-17H,12-15H2,1-2H3,(H,29,32). The number of benzene rings is 2. The van der Waals surface area contributed by atoms with Gasteiger partial charge < -0.3 is 19.7 Å². The zero-order valence-corrected chi connectivity index (χ0v) is 18.9. The molecule has 1 amide bonds. The van der Waals surface area contributed by atoms with Crippen molar-refractivity contribution in [2.45, 2.75) is 26.6 Å². The van der Waals surface area contributed by atoms with E-state index in [1.165, 1.54) is 18.6 Å². The lowest BCUT2D eigenvalue weighted by Gasteiger charge is -2.35. The molecule has 34 heavy (non-hydrogen) atoms. The van der Waals surface area contributed by atoms with Crippen molar-refractivity contribution in [1.29, 1.82) is 0 Å². The molecule has 1 saturated heterocycles. The molecular weight excluding hydrogens is 447 g/mol. The van der Waals surface area contributed by atoms with Crippen LogP contribution in [-0.4, -0.2) is 36.9 Å². The SMILES string of the molecule is CC1CC(C)CN(c2ccc3cccc(OCC(=O)Nc4ccc(OC(F)(F)F)cc4)c3n2)C1. The lowest BCUT2D eigenvalue weighted by molar-refractivity contribution is -0.274. The summed E-state index contributed by atoms with van der Waals surface area (Å²) in [7, 11) is 0. The van der Waals surface area contributed by atoms with Gasteiger partial charge in [-0.05, 0) is 60.7 Å². The minimum Gasteiger partial charge on any atom is -0.481 e. The van der Waals surface area contributed by atoms with Gasteiger partial charge in [0.2, 0.25) is 0 Å². The molecule has 1 N–H and O–H groups in total. The summed E-state index contributed by atoms with van der Waals surface area (Å²) >= 11 is 0. The molecule has 0 aliphatic carbocycles. The first-order valence-electron chi connectivity index (χ1n) is 11.1. The van der Waals surface area contributed by atoms with Gasteiger partial charge in [-0.25, -0.2) is 4.98 Å². The Kier molecular flexibility index (Phi) is 6.81. The Labute approximate surface area is 195 Å². The summed E-state index contributed by atoms with van der Waals surface area (Å²) in [4.78, 5) is 19.5. The number of piperidine rings is 1. The van der Waals surface area contributed by atoms with Crippen LogP contribution in [0.5, 0.6) is 11.5 Å². The quantitative estimate of drug-likeness (QED) is 0.503. The minimum atomic E-state index is -4.77. The monoisotopic (exact) mass is 473 g/mol. The van der Waals surface area contributed by atoms with Crippen LogP contribution in [0.25, 0.3) is 10.9 Å². The van der Waals surface area contributed by atoms with Crippen LogP contribution in [0, 0.1) is 11.8 Å². The van der Waals surface area contributed by atoms with Crippen LogP contribution in [0.3, 0.4) is 0 Å². The van der Waals surface area contributed by atoms with Crippen molar-refractivity contribution in [3.63, 3.8) is 0 Å². The van der Waals surface area contributed by atoms with Gasteiger partial charge in [-0.1, -0.05) is 26.0 Å². The van der Waals surface area contributed by atoms with Gasteiger partial charge in [0.1, 0.15) is 22.8 Å². The van der Waals surface area contributed by atoms with Crippen molar-refractivity contribution in [1.82, 2.24) is 4.98 Å². The van der Waals surface area contributed by atoms with E-state index in [1.54, 1.807) is 6.07 Å². The van der Waals surface area contributed by atoms with Gasteiger partial charge in [0.25, 0.3) is 5.91 Å². The van der Waals surface area contributed by atoms with Gasteiger partial charge in [0.15, 0.2) is 6.61 Å². The number of anilines is 2. The van der Waals surface area contributed by atoms with E-state index in [0.717, 1.165) is 36.4 Å². The number of hydrogen-bond acceptors (Lipinski definition) is 5. The van der Waals surface area contributed by atoms with E-state index in [4.69, 9.17) is 9.72 Å². The second kappa shape index (κ2) is 9.79. The molecule has 2 atom stereocenters. The maximum absolute atomic E-state index is 12.3. The Balaban J connectivity index is 1.42. The Morgan fingerprint density at radius 2 is 1.76 bits per heavy atom. The highest BCUT2D eigenvalue weighted by Gasteiger charge is 2.31. The molecule has 4 rings (SSSR count). The van der Waals surface area contributed by atoms with E-state index < -0.39 is 12.3 Å². The number of pyridine rings is 1. The summed E-state index contributed by atoms with van der Waals surface area (Å²) in [5.74, 6) is 1.73. The molecule has 2 aromatic carbocycles. The summed E-state index contributed by atoms with van der Waals surface area (Å²) in [5.41, 5.74) is 1.00. The van der Waals surface area contributed by atoms with E-state index in [2.05, 4.69) is 28.8 Å². The number of ether oxygens (including phenoxy) is 2. The van der Waals surface area contributed by atoms with Crippen LogP contribution in [0.2, 0.25) is 0 Å². The molecule has 0 radical (unpaired) electrons. The first kappa shape index (κ1) is 23.7. The third-order valence-corrected chi connectivity index (χ3v) is 5.59. The first-order valence-corrected chi connectivity index (χ1v) is 11.1. The van der Waals surface area contributed by atoms with Crippen molar-refractivity contribution in [3.05, 3.63) is 54.6 Å². The fourth-order valence-corrected chi connectivity index (χ4v) is 4.33. The number of alkyl halides is 3. The minimum absolute atomic E-state index is 0.274. The van der Waals surface area contributed by atoms with E-state index in [1.807, 2.05) is 24.3 Å². The Bertz CT molecular complexity index is 1140. The van der Waals surface area contributed by atoms with Crippen LogP contribution < -0.4 is 19.7 Å². The number of rotatable bonds is 6. The molecule has 180 valence electrons. The summed E-state index contributed by atoms with van der Waals surface area (Å²) < 4.78 is 46.4. The highest BCUT2D eigenvalue weighted by atomic mass is 19.4. The van der Waals surface area contributed by atoms with Gasteiger partial charge in [-0.2, -0.15) is 0 Å². The summed E-state index contributed by atoms with van der Waals surface area (Å²) in [5, 5.41) is 3.50. The molecule has 1 fully saturated rings. The zero-order valence-electron chi connectivity index (χ0n) is 18.9. The van der Waals surface area contributed by atoms with Gasteiger partial charge in [-0.3, -0.25) is 4.79 Å². The largest absolute Gasteiger partial charge is 0.573 e. The maximum atomic E-state index is 12.3. The van der Waals surface area contributed by atoms with Crippen LogP contribution >= 0.6 is 0 Å². The third-order valence-electron chi connectivity index (χ3n) is 5.59. The summed E-state index contributed by atoms with van der Waals surface area (Å²) in [6, 6.07) is 14.4. The Hall–Kier alpha value is -3.49. The van der Waals surface area contributed by atoms with Crippen LogP contribution in [0.15, 0.2) is 54.6 Å². The first-order chi connectivity index (χ1) is 16.2. The number of carbonyl (C=O) groups is 1. The molecule has 0 bridgehead atoms. The van der Waals surface area contributed by atoms with Crippen LogP contribution in [0.1, 0.15) is 20.3 Å². The van der Waals surface area contributed by atoms with Gasteiger partial charge >= 0.3 is 6.36 Å². The molecule has 1 aliphatic rings. The number of halogens is 3. The summed E-state index contributed by atoms with van der Waals surface area (Å²) in [6.07, 6.45) is -3.57. The number of para-hydroxylation sites is 1. The molecule has 3 aromatic rings. The van der Waals surface area contributed by atoms with Crippen LogP contribution in [-0.2, 0) is 4.79 Å². The lowest BCUT2D eigenvalue weighted by atomic mass is 9.92. The average Bonchev–Trinajstić information content (AvgIpc) is 2.77. The van der Waals surface area contributed by atoms with Gasteiger partial charge in [0.05, 0.1) is 0 Å². The van der Waals surface area contributed by atoms with E-state index >= 15 is 0 Å². The molecule has 1 aliphatic heterocycles. The molecule has 1 aromatic heterocycles. The molecule has 9 heteroatoms. The van der Waals surface area contributed by atoms with Gasteiger partial charge in [-0.15, -0.1) is 13.2 Å². The number of carbonyl (C=O) groups excluding carboxylic acids is 1. The normalized spacial score (nSPS) is 18.6. The molecule has 0 saturated carbocycles. The molecule has 2 heterocycles. The van der Waals surface area contributed by atoms with E-state index in [-0.39, 0.29) is 12.4 Å². The Morgan fingerprint density at radius 3 is 2.44 bits per heavy atom. The third kappa shape index (κ3) is 6.09. The molecular formula is C25H26F3N3O3. The lowest BCUT2D eigenvalue weighted by Crippen LogP contribution is -2.39. The second-order valence-electron chi connectivity index (χ2n) is 8.76. The Morgan fingerprint density at radius 1 is 1.06 bits per heavy atom. The average molecular weight is 473 g/mol. The number of nitrogens with one attached hydrogen (secondary N) is 1. The van der Waals surface area contributed by atoms with Crippen molar-refractivity contribution in [2.75, 3.05) is 29.9 Å². The number of hydrogen-bond donors (Lipinski definition) is 1. The summed E-state index contributed by atoms with van der Waals surface area (Å²) in [6.45, 7) is 6.10. The molecule has 2 unspecified atom stereocenters. The van der Waals surface area contributed by atoms with Crippen LogP contribution in [0.4, 0.5) is 24.7 Å². The van der Waals surface area contributed by atoms with Crippen molar-refractivity contribution >= 4 is 28.3 Å². The molecule has 0 spiro atoms. The predicted octanol–water partition coefficient (Wildman–Crippen LogP) is 5.63. The van der Waals surface area contributed by atoms with Crippen molar-refractivity contribution in [3.8, 4) is 11.5 Å². The fraction of sp³-hybridized carbons (Fsp3) is 0.360. The topological polar surface area (TPSA) is 63.7 Å². The number of aromatic nitrogens is 1. The van der Waals surface area contributed by atoms with Gasteiger partial charge in [0, 0.05) is 24.2 Å². The number of amides is 1. The smallest absolute Gasteiger partial charge is 0.481 e. The maximum Gasteiger partial charge on any atom is 0.573 e. The van der Waals surface area contributed by atoms with E-state index in [0.29, 0.717) is 28.8 Å². The fourth-order valence-electron chi connectivity index (χ4n) is 4.33. The number of fused-ring (bicyclic) bond motifs is 1. The highest BCUT2D eigenvalue weighted by molar-refractivity contribution is 5.92. The molecule has 6 nitrogen and oxygen atoms in total. The number of nitrogens with zero attached hydrogens (tertiary/aromatic N) is 2. The second-order valence-corrected chi connectivity index (χ2v) is 8.76. The van der Waals surface area contributed by atoms with Crippen molar-refractivity contribution < 1.29 is 27.4 Å². The predicted molar refractivity (Wildman–Crippen MR) is 124 cm³/mol.